The lowest BCUT2D eigenvalue weighted by atomic mass is 10.1. The molecular formula is C13H12ClF3N2O2. The van der Waals surface area contributed by atoms with E-state index in [0.717, 1.165) is 6.07 Å². The van der Waals surface area contributed by atoms with Crippen molar-refractivity contribution < 1.29 is 22.8 Å². The highest BCUT2D eigenvalue weighted by molar-refractivity contribution is 6.31. The van der Waals surface area contributed by atoms with Crippen molar-refractivity contribution in [2.75, 3.05) is 6.54 Å². The molecule has 0 aliphatic carbocycles. The van der Waals surface area contributed by atoms with Crippen LogP contribution < -0.4 is 5.73 Å². The number of halogens is 4. The number of carbonyl (C=O) groups is 2. The monoisotopic (exact) mass is 320 g/mol. The first-order chi connectivity index (χ1) is 9.71. The van der Waals surface area contributed by atoms with Crippen molar-refractivity contribution >= 4 is 23.4 Å². The molecule has 1 heterocycles. The van der Waals surface area contributed by atoms with E-state index in [1.807, 2.05) is 0 Å². The van der Waals surface area contributed by atoms with Crippen LogP contribution in [0, 0.1) is 0 Å². The lowest BCUT2D eigenvalue weighted by Crippen LogP contribution is -2.43. The molecule has 0 aromatic heterocycles. The second-order valence-corrected chi connectivity index (χ2v) is 5.16. The fourth-order valence-electron chi connectivity index (χ4n) is 2.35. The van der Waals surface area contributed by atoms with Gasteiger partial charge in [0, 0.05) is 12.1 Å². The number of carbonyl (C=O) groups excluding carboxylic acids is 2. The van der Waals surface area contributed by atoms with Gasteiger partial charge in [-0.2, -0.15) is 13.2 Å². The van der Waals surface area contributed by atoms with Gasteiger partial charge in [0.25, 0.3) is 5.91 Å². The third-order valence-electron chi connectivity index (χ3n) is 3.36. The summed E-state index contributed by atoms with van der Waals surface area (Å²) in [5.74, 6) is -1.32. The van der Waals surface area contributed by atoms with Crippen LogP contribution in [-0.2, 0) is 11.0 Å². The molecule has 1 unspecified atom stereocenters. The molecule has 114 valence electrons. The SMILES string of the molecule is NC(=O)C1CCCN1C(=O)c1ccc(Cl)c(C(F)(F)F)c1. The third kappa shape index (κ3) is 3.12. The predicted octanol–water partition coefficient (Wildman–Crippen LogP) is 2.45. The van der Waals surface area contributed by atoms with E-state index >= 15 is 0 Å². The Bertz CT molecular complexity index is 589. The normalized spacial score (nSPS) is 18.9. The first kappa shape index (κ1) is 15.6. The zero-order valence-electron chi connectivity index (χ0n) is 10.8. The number of benzene rings is 1. The van der Waals surface area contributed by atoms with Crippen LogP contribution in [0.3, 0.4) is 0 Å². The number of rotatable bonds is 2. The van der Waals surface area contributed by atoms with Gasteiger partial charge in [-0.3, -0.25) is 9.59 Å². The Morgan fingerprint density at radius 3 is 2.57 bits per heavy atom. The molecule has 0 spiro atoms. The molecule has 1 atom stereocenters. The van der Waals surface area contributed by atoms with Crippen LogP contribution in [0.5, 0.6) is 0 Å². The molecule has 0 saturated carbocycles. The molecule has 8 heteroatoms. The first-order valence-electron chi connectivity index (χ1n) is 6.19. The summed E-state index contributed by atoms with van der Waals surface area (Å²) in [6.45, 7) is 0.288. The summed E-state index contributed by atoms with van der Waals surface area (Å²) >= 11 is 5.51. The van der Waals surface area contributed by atoms with Crippen LogP contribution in [-0.4, -0.2) is 29.3 Å². The van der Waals surface area contributed by atoms with E-state index in [4.69, 9.17) is 17.3 Å². The maximum Gasteiger partial charge on any atom is 0.417 e. The minimum absolute atomic E-state index is 0.167. The lowest BCUT2D eigenvalue weighted by molar-refractivity contribution is -0.137. The maximum absolute atomic E-state index is 12.8. The van der Waals surface area contributed by atoms with Crippen molar-refractivity contribution in [1.29, 1.82) is 0 Å². The molecule has 1 aromatic carbocycles. The van der Waals surface area contributed by atoms with Crippen molar-refractivity contribution in [3.05, 3.63) is 34.3 Å². The number of primary amides is 1. The maximum atomic E-state index is 12.8. The minimum Gasteiger partial charge on any atom is -0.368 e. The smallest absolute Gasteiger partial charge is 0.368 e. The van der Waals surface area contributed by atoms with Crippen molar-refractivity contribution in [3.63, 3.8) is 0 Å². The number of hydrogen-bond acceptors (Lipinski definition) is 2. The van der Waals surface area contributed by atoms with E-state index < -0.39 is 34.6 Å². The highest BCUT2D eigenvalue weighted by atomic mass is 35.5. The predicted molar refractivity (Wildman–Crippen MR) is 69.7 cm³/mol. The van der Waals surface area contributed by atoms with Crippen molar-refractivity contribution in [2.45, 2.75) is 25.1 Å². The fourth-order valence-corrected chi connectivity index (χ4v) is 2.57. The molecule has 1 saturated heterocycles. The van der Waals surface area contributed by atoms with Crippen LogP contribution in [0.4, 0.5) is 13.2 Å². The van der Waals surface area contributed by atoms with Gasteiger partial charge in [-0.25, -0.2) is 0 Å². The number of hydrogen-bond donors (Lipinski definition) is 1. The summed E-state index contributed by atoms with van der Waals surface area (Å²) in [6, 6.07) is 2.15. The van der Waals surface area contributed by atoms with Gasteiger partial charge in [0.1, 0.15) is 6.04 Å². The topological polar surface area (TPSA) is 63.4 Å². The second kappa shape index (κ2) is 5.55. The standard InChI is InChI=1S/C13H12ClF3N2O2/c14-9-4-3-7(6-8(9)13(15,16)17)12(21)19-5-1-2-10(19)11(18)20/h3-4,6,10H,1-2,5H2,(H2,18,20). The summed E-state index contributed by atoms with van der Waals surface area (Å²) in [7, 11) is 0. The molecule has 2 rings (SSSR count). The zero-order chi connectivity index (χ0) is 15.8. The van der Waals surface area contributed by atoms with Gasteiger partial charge in [0.15, 0.2) is 0 Å². The summed E-state index contributed by atoms with van der Waals surface area (Å²) < 4.78 is 38.4. The van der Waals surface area contributed by atoms with E-state index in [2.05, 4.69) is 0 Å². The summed E-state index contributed by atoms with van der Waals surface area (Å²) in [4.78, 5) is 24.7. The summed E-state index contributed by atoms with van der Waals surface area (Å²) in [5.41, 5.74) is 3.95. The Labute approximate surface area is 123 Å². The van der Waals surface area contributed by atoms with Crippen molar-refractivity contribution in [3.8, 4) is 0 Å². The Kier molecular flexibility index (Phi) is 4.13. The van der Waals surface area contributed by atoms with Gasteiger partial charge in [0.2, 0.25) is 5.91 Å². The van der Waals surface area contributed by atoms with Gasteiger partial charge in [-0.1, -0.05) is 11.6 Å². The largest absolute Gasteiger partial charge is 0.417 e. The van der Waals surface area contributed by atoms with Crippen LogP contribution in [0.15, 0.2) is 18.2 Å². The van der Waals surface area contributed by atoms with Gasteiger partial charge >= 0.3 is 6.18 Å². The number of likely N-dealkylation sites (tertiary alicyclic amines) is 1. The number of nitrogens with two attached hydrogens (primary N) is 1. The Balaban J connectivity index is 2.34. The lowest BCUT2D eigenvalue weighted by Gasteiger charge is -2.22. The minimum atomic E-state index is -4.65. The highest BCUT2D eigenvalue weighted by Gasteiger charge is 2.36. The molecule has 0 bridgehead atoms. The number of nitrogens with zero attached hydrogens (tertiary/aromatic N) is 1. The Hall–Kier alpha value is -1.76. The van der Waals surface area contributed by atoms with E-state index in [0.29, 0.717) is 18.9 Å². The molecule has 1 aromatic rings. The van der Waals surface area contributed by atoms with Crippen molar-refractivity contribution in [1.82, 2.24) is 4.90 Å². The molecule has 2 N–H and O–H groups in total. The molecule has 4 nitrogen and oxygen atoms in total. The van der Waals surface area contributed by atoms with E-state index in [9.17, 15) is 22.8 Å². The number of alkyl halides is 3. The second-order valence-electron chi connectivity index (χ2n) is 4.75. The van der Waals surface area contributed by atoms with E-state index in [1.54, 1.807) is 0 Å². The molecular weight excluding hydrogens is 309 g/mol. The fraction of sp³-hybridized carbons (Fsp3) is 0.385. The van der Waals surface area contributed by atoms with Gasteiger partial charge in [-0.05, 0) is 31.0 Å². The van der Waals surface area contributed by atoms with E-state index in [1.165, 1.54) is 11.0 Å². The average Bonchev–Trinajstić information content (AvgIpc) is 2.86. The van der Waals surface area contributed by atoms with Crippen LogP contribution in [0.2, 0.25) is 5.02 Å². The van der Waals surface area contributed by atoms with Gasteiger partial charge in [0.05, 0.1) is 10.6 Å². The molecule has 1 aliphatic heterocycles. The van der Waals surface area contributed by atoms with Gasteiger partial charge in [-0.15, -0.1) is 0 Å². The van der Waals surface area contributed by atoms with Crippen LogP contribution >= 0.6 is 11.6 Å². The molecule has 1 aliphatic rings. The van der Waals surface area contributed by atoms with E-state index in [-0.39, 0.29) is 12.1 Å². The summed E-state index contributed by atoms with van der Waals surface area (Å²) in [5, 5.41) is -0.480. The highest BCUT2D eigenvalue weighted by Crippen LogP contribution is 2.35. The molecule has 0 radical (unpaired) electrons. The Morgan fingerprint density at radius 1 is 1.33 bits per heavy atom. The van der Waals surface area contributed by atoms with Crippen LogP contribution in [0.1, 0.15) is 28.8 Å². The molecule has 21 heavy (non-hydrogen) atoms. The third-order valence-corrected chi connectivity index (χ3v) is 3.69. The number of amides is 2. The quantitative estimate of drug-likeness (QED) is 0.909. The van der Waals surface area contributed by atoms with Gasteiger partial charge < -0.3 is 10.6 Å². The van der Waals surface area contributed by atoms with Crippen molar-refractivity contribution in [2.24, 2.45) is 5.73 Å². The average molecular weight is 321 g/mol. The first-order valence-corrected chi connectivity index (χ1v) is 6.56. The van der Waals surface area contributed by atoms with Crippen LogP contribution in [0.25, 0.3) is 0 Å². The molecule has 1 fully saturated rings. The molecule has 2 amide bonds. The Morgan fingerprint density at radius 2 is 2.00 bits per heavy atom. The summed E-state index contributed by atoms with van der Waals surface area (Å²) in [6.07, 6.45) is -3.65. The zero-order valence-corrected chi connectivity index (χ0v) is 11.5.